The van der Waals surface area contributed by atoms with Gasteiger partial charge in [0.1, 0.15) is 22.3 Å². The molecule has 1 heterocycles. The van der Waals surface area contributed by atoms with E-state index < -0.39 is 0 Å². The smallest absolute Gasteiger partial charge is 0.124 e. The molecule has 0 fully saturated rings. The maximum Gasteiger partial charge on any atom is 0.124 e. The number of methoxy groups -OCH3 is 3. The zero-order valence-corrected chi connectivity index (χ0v) is 27.2. The lowest BCUT2D eigenvalue weighted by molar-refractivity contribution is 0.414. The summed E-state index contributed by atoms with van der Waals surface area (Å²) in [5.41, 5.74) is 5.80. The lowest BCUT2D eigenvalue weighted by Crippen LogP contribution is -2.24. The fourth-order valence-corrected chi connectivity index (χ4v) is 7.25. The van der Waals surface area contributed by atoms with E-state index in [2.05, 4.69) is 59.2 Å². The van der Waals surface area contributed by atoms with Crippen LogP contribution in [-0.4, -0.2) is 51.7 Å². The first kappa shape index (κ1) is 31.1. The molecule has 224 valence electrons. The van der Waals surface area contributed by atoms with Crippen LogP contribution in [0, 0.1) is 0 Å². The fraction of sp³-hybridized carbons (Fsp3) is 0.265. The first-order chi connectivity index (χ1) is 21.1. The van der Waals surface area contributed by atoms with Crippen molar-refractivity contribution in [2.24, 2.45) is 0 Å². The number of ether oxygens (including phenoxy) is 3. The van der Waals surface area contributed by atoms with Gasteiger partial charge >= 0.3 is 0 Å². The zero-order chi connectivity index (χ0) is 29.9. The number of nitrogens with one attached hydrogen (secondary N) is 2. The number of benzene rings is 4. The maximum absolute atomic E-state index is 5.41. The van der Waals surface area contributed by atoms with E-state index in [1.54, 1.807) is 32.7 Å². The number of thioether (sulfide) groups is 2. The third kappa shape index (κ3) is 8.83. The Kier molecular flexibility index (Phi) is 11.5. The van der Waals surface area contributed by atoms with Crippen molar-refractivity contribution in [2.75, 3.05) is 52.0 Å². The zero-order valence-electron chi connectivity index (χ0n) is 24.7. The molecule has 0 atom stereocenters. The topological polar surface area (TPSA) is 64.6 Å². The largest absolute Gasteiger partial charge is 0.497 e. The number of hydrogen-bond donors (Lipinski definition) is 2. The van der Waals surface area contributed by atoms with Crippen LogP contribution in [0.2, 0.25) is 0 Å². The van der Waals surface area contributed by atoms with Crippen molar-refractivity contribution in [2.45, 2.75) is 16.4 Å². The summed E-state index contributed by atoms with van der Waals surface area (Å²) in [4.78, 5) is 6.12. The molecule has 0 bridgehead atoms. The van der Waals surface area contributed by atoms with E-state index in [9.17, 15) is 0 Å². The lowest BCUT2D eigenvalue weighted by atomic mass is 10.2. The lowest BCUT2D eigenvalue weighted by Gasteiger charge is -2.14. The van der Waals surface area contributed by atoms with Gasteiger partial charge in [0.2, 0.25) is 0 Å². The average Bonchev–Trinajstić information content (AvgIpc) is 3.49. The normalized spacial score (nSPS) is 11.0. The van der Waals surface area contributed by atoms with Crippen LogP contribution in [0.4, 0.5) is 5.69 Å². The Hall–Kier alpha value is -3.37. The Balaban J connectivity index is 1.18. The van der Waals surface area contributed by atoms with Gasteiger partial charge in [-0.1, -0.05) is 30.3 Å². The van der Waals surface area contributed by atoms with E-state index in [0.29, 0.717) is 0 Å². The molecule has 5 rings (SSSR count). The van der Waals surface area contributed by atoms with Gasteiger partial charge in [-0.2, -0.15) is 11.8 Å². The van der Waals surface area contributed by atoms with E-state index in [1.165, 1.54) is 16.0 Å². The third-order valence-corrected chi connectivity index (χ3v) is 10.1. The number of thiazole rings is 1. The summed E-state index contributed by atoms with van der Waals surface area (Å²) in [6.45, 7) is 2.69. The summed E-state index contributed by atoms with van der Waals surface area (Å²) in [5, 5.41) is 8.28. The second kappa shape index (κ2) is 15.9. The molecule has 0 aliphatic rings. The van der Waals surface area contributed by atoms with E-state index >= 15 is 0 Å². The number of rotatable bonds is 16. The summed E-state index contributed by atoms with van der Waals surface area (Å²) >= 11 is 5.46. The van der Waals surface area contributed by atoms with Crippen LogP contribution in [0.3, 0.4) is 0 Å². The van der Waals surface area contributed by atoms with Gasteiger partial charge < -0.3 is 24.8 Å². The molecule has 9 heteroatoms. The van der Waals surface area contributed by atoms with Crippen molar-refractivity contribution < 1.29 is 14.2 Å². The second-order valence-corrected chi connectivity index (χ2v) is 12.9. The Labute approximate surface area is 266 Å². The number of hydrogen-bond acceptors (Lipinski definition) is 9. The second-order valence-electron chi connectivity index (χ2n) is 9.78. The highest BCUT2D eigenvalue weighted by atomic mass is 32.2. The van der Waals surface area contributed by atoms with Crippen LogP contribution in [0.5, 0.6) is 17.2 Å². The first-order valence-electron chi connectivity index (χ1n) is 14.1. The van der Waals surface area contributed by atoms with Gasteiger partial charge in [-0.15, -0.1) is 23.1 Å². The molecule has 0 saturated heterocycles. The van der Waals surface area contributed by atoms with Crippen LogP contribution in [0.1, 0.15) is 11.1 Å². The quantitative estimate of drug-likeness (QED) is 0.0835. The van der Waals surface area contributed by atoms with Gasteiger partial charge in [0.25, 0.3) is 0 Å². The van der Waals surface area contributed by atoms with Crippen molar-refractivity contribution in [3.05, 3.63) is 96.1 Å². The van der Waals surface area contributed by atoms with Crippen LogP contribution in [0.25, 0.3) is 20.8 Å². The average molecular weight is 632 g/mol. The van der Waals surface area contributed by atoms with Crippen molar-refractivity contribution in [3.63, 3.8) is 0 Å². The number of nitrogens with zero attached hydrogens (tertiary/aromatic N) is 1. The number of anilines is 1. The van der Waals surface area contributed by atoms with E-state index in [-0.39, 0.29) is 0 Å². The molecular formula is C34H37N3O3S3. The van der Waals surface area contributed by atoms with Crippen molar-refractivity contribution in [3.8, 4) is 27.8 Å². The Bertz CT molecular complexity index is 1590. The molecule has 5 aromatic rings. The summed E-state index contributed by atoms with van der Waals surface area (Å²) < 4.78 is 17.1. The van der Waals surface area contributed by atoms with Gasteiger partial charge in [-0.25, -0.2) is 4.98 Å². The van der Waals surface area contributed by atoms with Crippen LogP contribution < -0.4 is 24.8 Å². The van der Waals surface area contributed by atoms with Crippen LogP contribution >= 0.6 is 34.9 Å². The molecular weight excluding hydrogens is 595 g/mol. The van der Waals surface area contributed by atoms with Crippen LogP contribution in [-0.2, 0) is 11.5 Å². The monoisotopic (exact) mass is 631 g/mol. The van der Waals surface area contributed by atoms with E-state index in [4.69, 9.17) is 19.2 Å². The van der Waals surface area contributed by atoms with Crippen molar-refractivity contribution >= 4 is 50.8 Å². The molecule has 1 aromatic heterocycles. The molecule has 6 nitrogen and oxygen atoms in total. The summed E-state index contributed by atoms with van der Waals surface area (Å²) in [7, 11) is 5.09. The number of fused-ring (bicyclic) bond motifs is 1. The Morgan fingerprint density at radius 1 is 0.698 bits per heavy atom. The molecule has 0 radical (unpaired) electrons. The van der Waals surface area contributed by atoms with Gasteiger partial charge in [0, 0.05) is 53.0 Å². The highest BCUT2D eigenvalue weighted by Gasteiger charge is 2.11. The molecule has 0 spiro atoms. The Morgan fingerprint density at radius 2 is 1.37 bits per heavy atom. The number of aromatic nitrogens is 1. The predicted molar refractivity (Wildman–Crippen MR) is 185 cm³/mol. The highest BCUT2D eigenvalue weighted by Crippen LogP contribution is 2.37. The van der Waals surface area contributed by atoms with Gasteiger partial charge in [0.15, 0.2) is 0 Å². The maximum atomic E-state index is 5.41. The fourth-order valence-electron chi connectivity index (χ4n) is 4.43. The van der Waals surface area contributed by atoms with Gasteiger partial charge in [-0.05, 0) is 65.7 Å². The van der Waals surface area contributed by atoms with Crippen LogP contribution in [0.15, 0.2) is 89.8 Å². The first-order valence-corrected chi connectivity index (χ1v) is 17.1. The van der Waals surface area contributed by atoms with Crippen molar-refractivity contribution in [1.82, 2.24) is 10.3 Å². The third-order valence-electron chi connectivity index (χ3n) is 6.84. The Morgan fingerprint density at radius 3 is 2.07 bits per heavy atom. The molecule has 2 N–H and O–H groups in total. The standard InChI is InChI=1S/C34H37N3O3S3/c1-38-27-9-4-24(5-10-27)22-41-19-18-35-16-17-36-31-20-26(34-37-30-14-13-29(40-3)21-33(30)43-34)8-15-32(31)42-23-25-6-11-28(39-2)12-7-25/h4-15,20-21,35-36H,16-19,22-23H2,1-3H3. The molecule has 0 aliphatic carbocycles. The molecule has 4 aromatic carbocycles. The van der Waals surface area contributed by atoms with E-state index in [1.807, 2.05) is 59.9 Å². The van der Waals surface area contributed by atoms with E-state index in [0.717, 1.165) is 80.6 Å². The van der Waals surface area contributed by atoms with Gasteiger partial charge in [-0.3, -0.25) is 0 Å². The highest BCUT2D eigenvalue weighted by molar-refractivity contribution is 7.98. The minimum atomic E-state index is 0.833. The molecule has 0 saturated carbocycles. The van der Waals surface area contributed by atoms with Crippen molar-refractivity contribution in [1.29, 1.82) is 0 Å². The molecule has 0 aliphatic heterocycles. The minimum Gasteiger partial charge on any atom is -0.497 e. The summed E-state index contributed by atoms with van der Waals surface area (Å²) in [5.74, 6) is 5.57. The predicted octanol–water partition coefficient (Wildman–Crippen LogP) is 8.22. The molecule has 43 heavy (non-hydrogen) atoms. The SMILES string of the molecule is COc1ccc(CSCCNCCNc2cc(-c3nc4ccc(OC)cc4s3)ccc2SCc2ccc(OC)cc2)cc1. The molecule has 0 unspecified atom stereocenters. The summed E-state index contributed by atoms with van der Waals surface area (Å²) in [6, 6.07) is 29.2. The summed E-state index contributed by atoms with van der Waals surface area (Å²) in [6.07, 6.45) is 0. The molecule has 0 amide bonds. The van der Waals surface area contributed by atoms with Gasteiger partial charge in [0.05, 0.1) is 31.5 Å². The minimum absolute atomic E-state index is 0.833.